The van der Waals surface area contributed by atoms with Crippen LogP contribution < -0.4 is 0 Å². The summed E-state index contributed by atoms with van der Waals surface area (Å²) in [4.78, 5) is 10.5. The van der Waals surface area contributed by atoms with Crippen LogP contribution in [0.3, 0.4) is 0 Å². The van der Waals surface area contributed by atoms with Gasteiger partial charge in [-0.05, 0) is 0 Å². The van der Waals surface area contributed by atoms with Crippen molar-refractivity contribution in [2.75, 3.05) is 6.54 Å². The molecule has 0 spiro atoms. The summed E-state index contributed by atoms with van der Waals surface area (Å²) < 4.78 is 59.2. The average molecular weight is 256 g/mol. The lowest BCUT2D eigenvalue weighted by Gasteiger charge is -2.18. The lowest BCUT2D eigenvalue weighted by Crippen LogP contribution is -2.38. The molecule has 0 N–H and O–H groups in total. The Kier molecular flexibility index (Phi) is 4.15. The van der Waals surface area contributed by atoms with Gasteiger partial charge in [0.2, 0.25) is 5.91 Å². The topological polar surface area (TPSA) is 63.7 Å². The summed E-state index contributed by atoms with van der Waals surface area (Å²) in [6.45, 7) is -1.15. The highest BCUT2D eigenvalue weighted by Gasteiger charge is 2.34. The third-order valence-corrected chi connectivity index (χ3v) is 1.38. The monoisotopic (exact) mass is 255 g/mol. The Morgan fingerprint density at radius 3 is 2.14 bits per heavy atom. The lowest BCUT2D eigenvalue weighted by molar-refractivity contribution is -0.199. The molecule has 0 aromatic carbocycles. The minimum atomic E-state index is -4.77. The second-order valence-corrected chi connectivity index (χ2v) is 4.21. The highest BCUT2D eigenvalue weighted by molar-refractivity contribution is 8.09. The van der Waals surface area contributed by atoms with Crippen LogP contribution in [0, 0.1) is 0 Å². The van der Waals surface area contributed by atoms with Gasteiger partial charge in [-0.1, -0.05) is 0 Å². The molecule has 0 aliphatic rings. The standard InChI is InChI=1S/C4H5ClF3NO4S/c1-3(10)9(2-4(6,7)8)13-14(5,11)12/h2H2,1H3. The second kappa shape index (κ2) is 4.32. The van der Waals surface area contributed by atoms with Crippen LogP contribution in [0.5, 0.6) is 0 Å². The van der Waals surface area contributed by atoms with Crippen molar-refractivity contribution in [1.82, 2.24) is 5.06 Å². The van der Waals surface area contributed by atoms with E-state index in [9.17, 15) is 26.4 Å². The summed E-state index contributed by atoms with van der Waals surface area (Å²) in [6, 6.07) is 0. The van der Waals surface area contributed by atoms with Crippen LogP contribution in [0.2, 0.25) is 0 Å². The quantitative estimate of drug-likeness (QED) is 0.553. The van der Waals surface area contributed by atoms with E-state index in [0.717, 1.165) is 0 Å². The Morgan fingerprint density at radius 1 is 1.50 bits per heavy atom. The fourth-order valence-corrected chi connectivity index (χ4v) is 1.04. The van der Waals surface area contributed by atoms with Gasteiger partial charge >= 0.3 is 15.5 Å². The summed E-state index contributed by atoms with van der Waals surface area (Å²) in [6.07, 6.45) is -4.77. The molecule has 0 saturated heterocycles. The number of halogens is 4. The Labute approximate surface area is 82.0 Å². The van der Waals surface area contributed by atoms with Crippen LogP contribution >= 0.6 is 10.7 Å². The van der Waals surface area contributed by atoms with Gasteiger partial charge in [0.25, 0.3) is 0 Å². The lowest BCUT2D eigenvalue weighted by atomic mass is 10.6. The normalized spacial score (nSPS) is 12.6. The molecular weight excluding hydrogens is 251 g/mol. The predicted octanol–water partition coefficient (Wildman–Crippen LogP) is 0.812. The largest absolute Gasteiger partial charge is 0.408 e. The van der Waals surface area contributed by atoms with E-state index in [-0.39, 0.29) is 0 Å². The first-order valence-electron chi connectivity index (χ1n) is 3.00. The number of alkyl halides is 3. The highest BCUT2D eigenvalue weighted by atomic mass is 35.7. The van der Waals surface area contributed by atoms with Crippen LogP contribution in [0.25, 0.3) is 0 Å². The van der Waals surface area contributed by atoms with Crippen LogP contribution in [-0.4, -0.2) is 32.1 Å². The summed E-state index contributed by atoms with van der Waals surface area (Å²) in [5, 5.41) is -0.400. The molecule has 84 valence electrons. The maximum Gasteiger partial charge on any atom is 0.408 e. The average Bonchev–Trinajstić information content (AvgIpc) is 1.78. The van der Waals surface area contributed by atoms with Crippen molar-refractivity contribution in [2.24, 2.45) is 0 Å². The van der Waals surface area contributed by atoms with E-state index in [1.165, 1.54) is 0 Å². The van der Waals surface area contributed by atoms with E-state index in [2.05, 4.69) is 15.0 Å². The smallest absolute Gasteiger partial charge is 0.273 e. The maximum atomic E-state index is 11.7. The third-order valence-electron chi connectivity index (χ3n) is 0.853. The zero-order valence-corrected chi connectivity index (χ0v) is 8.28. The molecule has 0 heterocycles. The Balaban J connectivity index is 4.56. The fourth-order valence-electron chi connectivity index (χ4n) is 0.460. The molecule has 1 amide bonds. The van der Waals surface area contributed by atoms with Crippen molar-refractivity contribution in [3.05, 3.63) is 0 Å². The molecule has 0 aliphatic carbocycles. The van der Waals surface area contributed by atoms with Gasteiger partial charge in [0.15, 0.2) is 0 Å². The molecule has 0 rings (SSSR count). The van der Waals surface area contributed by atoms with Crippen LogP contribution in [0.4, 0.5) is 13.2 Å². The molecular formula is C4H5ClF3NO4S. The number of hydrogen-bond acceptors (Lipinski definition) is 4. The molecule has 0 atom stereocenters. The molecule has 10 heteroatoms. The number of rotatable bonds is 3. The molecule has 0 unspecified atom stereocenters. The van der Waals surface area contributed by atoms with Gasteiger partial charge in [0, 0.05) is 6.92 Å². The van der Waals surface area contributed by atoms with Crippen LogP contribution in [0.15, 0.2) is 0 Å². The first-order valence-corrected chi connectivity index (χ1v) is 5.24. The molecule has 0 aromatic heterocycles. The van der Waals surface area contributed by atoms with Gasteiger partial charge in [0.05, 0.1) is 10.7 Å². The van der Waals surface area contributed by atoms with Gasteiger partial charge < -0.3 is 0 Å². The van der Waals surface area contributed by atoms with E-state index in [1.807, 2.05) is 0 Å². The highest BCUT2D eigenvalue weighted by Crippen LogP contribution is 2.18. The van der Waals surface area contributed by atoms with E-state index in [1.54, 1.807) is 0 Å². The number of hydrogen-bond donors (Lipinski definition) is 0. The first kappa shape index (κ1) is 13.5. The molecule has 0 aliphatic heterocycles. The van der Waals surface area contributed by atoms with Crippen molar-refractivity contribution >= 4 is 25.9 Å². The number of carbonyl (C=O) groups excluding carboxylic acids is 1. The van der Waals surface area contributed by atoms with E-state index in [4.69, 9.17) is 0 Å². The molecule has 0 aromatic rings. The summed E-state index contributed by atoms with van der Waals surface area (Å²) in [5.74, 6) is -1.23. The Bertz CT molecular complexity index is 313. The van der Waals surface area contributed by atoms with Crippen molar-refractivity contribution < 1.29 is 30.7 Å². The molecule has 0 fully saturated rings. The number of amides is 1. The van der Waals surface area contributed by atoms with E-state index >= 15 is 0 Å². The fraction of sp³-hybridized carbons (Fsp3) is 0.750. The third kappa shape index (κ3) is 6.92. The summed E-state index contributed by atoms with van der Waals surface area (Å²) in [5.41, 5.74) is 0. The van der Waals surface area contributed by atoms with Crippen LogP contribution in [0.1, 0.15) is 6.92 Å². The van der Waals surface area contributed by atoms with Gasteiger partial charge in [-0.15, -0.1) is 4.28 Å². The first-order chi connectivity index (χ1) is 6.01. The Hall–Kier alpha value is -0.540. The van der Waals surface area contributed by atoms with Gasteiger partial charge in [-0.25, -0.2) is 0 Å². The zero-order valence-electron chi connectivity index (χ0n) is 6.71. The van der Waals surface area contributed by atoms with Crippen molar-refractivity contribution in [3.63, 3.8) is 0 Å². The second-order valence-electron chi connectivity index (χ2n) is 2.14. The van der Waals surface area contributed by atoms with Crippen molar-refractivity contribution in [2.45, 2.75) is 13.1 Å². The van der Waals surface area contributed by atoms with E-state index < -0.39 is 33.0 Å². The zero-order chi connectivity index (χ0) is 11.6. The maximum absolute atomic E-state index is 11.7. The molecule has 0 bridgehead atoms. The number of carbonyl (C=O) groups is 1. The van der Waals surface area contributed by atoms with E-state index in [0.29, 0.717) is 6.92 Å². The SMILES string of the molecule is CC(=O)N(CC(F)(F)F)OS(=O)(=O)Cl. The predicted molar refractivity (Wildman–Crippen MR) is 39.3 cm³/mol. The van der Waals surface area contributed by atoms with Crippen molar-refractivity contribution in [3.8, 4) is 0 Å². The number of nitrogens with zero attached hydrogens (tertiary/aromatic N) is 1. The minimum Gasteiger partial charge on any atom is -0.273 e. The molecule has 14 heavy (non-hydrogen) atoms. The Morgan fingerprint density at radius 2 is 1.93 bits per heavy atom. The van der Waals surface area contributed by atoms with Gasteiger partial charge in [-0.3, -0.25) is 4.79 Å². The minimum absolute atomic E-state index is 0.400. The molecule has 5 nitrogen and oxygen atoms in total. The summed E-state index contributed by atoms with van der Waals surface area (Å²) in [7, 11) is -0.174. The van der Waals surface area contributed by atoms with Crippen LogP contribution in [-0.2, 0) is 18.4 Å². The molecule has 0 radical (unpaired) electrons. The number of hydroxylamine groups is 2. The molecule has 0 saturated carbocycles. The summed E-state index contributed by atoms with van der Waals surface area (Å²) >= 11 is 0. The van der Waals surface area contributed by atoms with Crippen molar-refractivity contribution in [1.29, 1.82) is 0 Å². The van der Waals surface area contributed by atoms with Gasteiger partial charge in [-0.2, -0.15) is 26.7 Å². The van der Waals surface area contributed by atoms with Gasteiger partial charge in [0.1, 0.15) is 6.54 Å².